The van der Waals surface area contributed by atoms with Crippen molar-refractivity contribution in [3.05, 3.63) is 12.7 Å². The number of carbonyl (C=O) groups is 2. The van der Waals surface area contributed by atoms with Gasteiger partial charge in [-0.3, -0.25) is 0 Å². The van der Waals surface area contributed by atoms with Gasteiger partial charge in [-0.1, -0.05) is 38.7 Å². The van der Waals surface area contributed by atoms with Crippen LogP contribution < -0.4 is 5.32 Å². The van der Waals surface area contributed by atoms with Gasteiger partial charge in [-0.05, 0) is 19.8 Å². The van der Waals surface area contributed by atoms with Gasteiger partial charge in [-0.2, -0.15) is 0 Å². The molecule has 1 amide bonds. The van der Waals surface area contributed by atoms with Crippen LogP contribution in [0.3, 0.4) is 0 Å². The number of rotatable bonds is 11. The van der Waals surface area contributed by atoms with Gasteiger partial charge in [0, 0.05) is 0 Å². The summed E-state index contributed by atoms with van der Waals surface area (Å²) in [6, 6.07) is -0.720. The minimum Gasteiger partial charge on any atom is -0.464 e. The fourth-order valence-corrected chi connectivity index (χ4v) is 1.67. The Morgan fingerprint density at radius 1 is 1.15 bits per heavy atom. The van der Waals surface area contributed by atoms with E-state index in [-0.39, 0.29) is 6.61 Å². The smallest absolute Gasteiger partial charge is 0.407 e. The summed E-state index contributed by atoms with van der Waals surface area (Å²) in [7, 11) is 0. The van der Waals surface area contributed by atoms with Crippen LogP contribution in [0.5, 0.6) is 0 Å². The van der Waals surface area contributed by atoms with E-state index in [9.17, 15) is 9.59 Å². The number of hydrogen-bond acceptors (Lipinski definition) is 4. The molecule has 0 aliphatic carbocycles. The summed E-state index contributed by atoms with van der Waals surface area (Å²) in [5.74, 6) is -0.437. The molecular weight excluding hydrogens is 258 g/mol. The van der Waals surface area contributed by atoms with E-state index in [1.165, 1.54) is 12.8 Å². The van der Waals surface area contributed by atoms with Crippen molar-refractivity contribution in [3.63, 3.8) is 0 Å². The molecule has 1 atom stereocenters. The zero-order valence-corrected chi connectivity index (χ0v) is 12.7. The second-order valence-corrected chi connectivity index (χ2v) is 4.52. The van der Waals surface area contributed by atoms with Crippen LogP contribution in [0.2, 0.25) is 0 Å². The molecule has 1 N–H and O–H groups in total. The number of amides is 1. The van der Waals surface area contributed by atoms with Crippen molar-refractivity contribution in [1.29, 1.82) is 0 Å². The minimum atomic E-state index is -0.720. The molecule has 0 aromatic carbocycles. The summed E-state index contributed by atoms with van der Waals surface area (Å²) >= 11 is 0. The van der Waals surface area contributed by atoms with E-state index in [1.54, 1.807) is 13.0 Å². The molecule has 0 heterocycles. The van der Waals surface area contributed by atoms with Gasteiger partial charge < -0.3 is 14.8 Å². The Balaban J connectivity index is 3.96. The monoisotopic (exact) mass is 285 g/mol. The van der Waals surface area contributed by atoms with Gasteiger partial charge in [0.25, 0.3) is 0 Å². The van der Waals surface area contributed by atoms with Crippen LogP contribution in [0.1, 0.15) is 52.4 Å². The summed E-state index contributed by atoms with van der Waals surface area (Å²) in [4.78, 5) is 23.1. The second-order valence-electron chi connectivity index (χ2n) is 4.52. The predicted molar refractivity (Wildman–Crippen MR) is 78.5 cm³/mol. The van der Waals surface area contributed by atoms with Crippen LogP contribution in [0.15, 0.2) is 12.7 Å². The van der Waals surface area contributed by atoms with E-state index in [0.29, 0.717) is 13.0 Å². The van der Waals surface area contributed by atoms with E-state index in [2.05, 4.69) is 18.8 Å². The highest BCUT2D eigenvalue weighted by Crippen LogP contribution is 2.04. The molecule has 0 saturated carbocycles. The van der Waals surface area contributed by atoms with Gasteiger partial charge in [0.2, 0.25) is 0 Å². The van der Waals surface area contributed by atoms with Crippen molar-refractivity contribution < 1.29 is 19.1 Å². The van der Waals surface area contributed by atoms with Gasteiger partial charge in [0.15, 0.2) is 0 Å². The zero-order chi connectivity index (χ0) is 15.2. The van der Waals surface area contributed by atoms with E-state index in [4.69, 9.17) is 9.47 Å². The SMILES string of the molecule is C=CCC(NC(=O)OCC)C(=O)OCCCCCCC. The molecule has 0 spiro atoms. The van der Waals surface area contributed by atoms with Crippen molar-refractivity contribution >= 4 is 12.1 Å². The molecule has 0 radical (unpaired) electrons. The Morgan fingerprint density at radius 3 is 2.45 bits per heavy atom. The Morgan fingerprint density at radius 2 is 1.85 bits per heavy atom. The summed E-state index contributed by atoms with van der Waals surface area (Å²) in [6.45, 7) is 8.08. The first-order valence-electron chi connectivity index (χ1n) is 7.36. The molecule has 116 valence electrons. The molecule has 5 heteroatoms. The molecule has 0 aromatic heterocycles. The summed E-state index contributed by atoms with van der Waals surface area (Å²) in [5.41, 5.74) is 0. The van der Waals surface area contributed by atoms with Gasteiger partial charge in [-0.25, -0.2) is 9.59 Å². The highest BCUT2D eigenvalue weighted by Gasteiger charge is 2.21. The lowest BCUT2D eigenvalue weighted by Crippen LogP contribution is -2.41. The van der Waals surface area contributed by atoms with Crippen LogP contribution in [-0.4, -0.2) is 31.3 Å². The van der Waals surface area contributed by atoms with E-state index in [1.807, 2.05) is 0 Å². The number of nitrogens with one attached hydrogen (secondary N) is 1. The number of unbranched alkanes of at least 4 members (excludes halogenated alkanes) is 4. The molecule has 0 aliphatic heterocycles. The number of hydrogen-bond donors (Lipinski definition) is 1. The molecule has 20 heavy (non-hydrogen) atoms. The van der Waals surface area contributed by atoms with Crippen LogP contribution in [0, 0.1) is 0 Å². The highest BCUT2D eigenvalue weighted by molar-refractivity contribution is 5.81. The first-order valence-corrected chi connectivity index (χ1v) is 7.36. The molecule has 0 fully saturated rings. The quantitative estimate of drug-likeness (QED) is 0.360. The fraction of sp³-hybridized carbons (Fsp3) is 0.733. The van der Waals surface area contributed by atoms with Crippen LogP contribution >= 0.6 is 0 Å². The standard InChI is InChI=1S/C15H27NO4/c1-4-7-8-9-10-12-20-14(17)13(11-5-2)16-15(18)19-6-3/h5,13H,2,4,6-12H2,1,3H3,(H,16,18). The first kappa shape index (κ1) is 18.5. The van der Waals surface area contributed by atoms with Crippen LogP contribution in [0.4, 0.5) is 4.79 Å². The predicted octanol–water partition coefficient (Wildman–Crippen LogP) is 3.19. The van der Waals surface area contributed by atoms with Gasteiger partial charge in [-0.15, -0.1) is 6.58 Å². The summed E-state index contributed by atoms with van der Waals surface area (Å²) in [5, 5.41) is 2.47. The van der Waals surface area contributed by atoms with Crippen molar-refractivity contribution in [2.24, 2.45) is 0 Å². The van der Waals surface area contributed by atoms with Crippen molar-refractivity contribution in [3.8, 4) is 0 Å². The van der Waals surface area contributed by atoms with Crippen LogP contribution in [-0.2, 0) is 14.3 Å². The lowest BCUT2D eigenvalue weighted by Gasteiger charge is -2.15. The summed E-state index contributed by atoms with van der Waals surface area (Å²) in [6.07, 6.45) is 6.74. The van der Waals surface area contributed by atoms with E-state index in [0.717, 1.165) is 19.3 Å². The third-order valence-electron chi connectivity index (χ3n) is 2.75. The lowest BCUT2D eigenvalue weighted by atomic mass is 10.2. The topological polar surface area (TPSA) is 64.6 Å². The number of ether oxygens (including phenoxy) is 2. The third kappa shape index (κ3) is 9.42. The van der Waals surface area contributed by atoms with E-state index < -0.39 is 18.1 Å². The number of alkyl carbamates (subject to hydrolysis) is 1. The molecule has 1 unspecified atom stereocenters. The molecule has 0 saturated heterocycles. The molecular formula is C15H27NO4. The second kappa shape index (κ2) is 12.5. The zero-order valence-electron chi connectivity index (χ0n) is 12.7. The Kier molecular flexibility index (Phi) is 11.6. The molecule has 5 nitrogen and oxygen atoms in total. The number of esters is 1. The average Bonchev–Trinajstić information content (AvgIpc) is 2.42. The van der Waals surface area contributed by atoms with Crippen LogP contribution in [0.25, 0.3) is 0 Å². The molecule has 0 rings (SSSR count). The minimum absolute atomic E-state index is 0.263. The lowest BCUT2D eigenvalue weighted by molar-refractivity contribution is -0.146. The highest BCUT2D eigenvalue weighted by atomic mass is 16.6. The molecule has 0 aliphatic rings. The van der Waals surface area contributed by atoms with Gasteiger partial charge in [0.05, 0.1) is 13.2 Å². The maximum absolute atomic E-state index is 11.8. The maximum Gasteiger partial charge on any atom is 0.407 e. The Hall–Kier alpha value is -1.52. The first-order chi connectivity index (χ1) is 9.65. The average molecular weight is 285 g/mol. The molecule has 0 bridgehead atoms. The Labute approximate surface area is 121 Å². The summed E-state index contributed by atoms with van der Waals surface area (Å²) < 4.78 is 9.91. The van der Waals surface area contributed by atoms with Gasteiger partial charge in [0.1, 0.15) is 6.04 Å². The van der Waals surface area contributed by atoms with E-state index >= 15 is 0 Å². The number of carbonyl (C=O) groups excluding carboxylic acids is 2. The Bertz CT molecular complexity index is 292. The largest absolute Gasteiger partial charge is 0.464 e. The fourth-order valence-electron chi connectivity index (χ4n) is 1.67. The van der Waals surface area contributed by atoms with Gasteiger partial charge >= 0.3 is 12.1 Å². The van der Waals surface area contributed by atoms with Crippen molar-refractivity contribution in [2.45, 2.75) is 58.4 Å². The van der Waals surface area contributed by atoms with Crippen molar-refractivity contribution in [1.82, 2.24) is 5.32 Å². The normalized spacial score (nSPS) is 11.5. The molecule has 0 aromatic rings. The maximum atomic E-state index is 11.8. The third-order valence-corrected chi connectivity index (χ3v) is 2.75. The van der Waals surface area contributed by atoms with Crippen molar-refractivity contribution in [2.75, 3.05) is 13.2 Å².